The number of hydrogen-bond acceptors (Lipinski definition) is 12. The van der Waals surface area contributed by atoms with Gasteiger partial charge in [0, 0.05) is 96.9 Å². The highest BCUT2D eigenvalue weighted by Crippen LogP contribution is 2.36. The van der Waals surface area contributed by atoms with Crippen molar-refractivity contribution in [3.8, 4) is 28.1 Å². The minimum Gasteiger partial charge on any atom is -0.398 e. The van der Waals surface area contributed by atoms with Gasteiger partial charge in [-0.25, -0.2) is 9.48 Å². The van der Waals surface area contributed by atoms with Crippen molar-refractivity contribution >= 4 is 63.5 Å². The average Bonchev–Trinajstić information content (AvgIpc) is 1.81. The molecule has 456 valence electrons. The summed E-state index contributed by atoms with van der Waals surface area (Å²) in [6, 6.07) is 38.1. The van der Waals surface area contributed by atoms with E-state index in [1.807, 2.05) is 137 Å². The molecular formula is C67H77N9O11. The van der Waals surface area contributed by atoms with E-state index in [1.54, 1.807) is 29.9 Å². The molecule has 0 radical (unpaired) electrons. The Balaban J connectivity index is 0.0000108. The molecule has 5 aromatic carbocycles. The number of aryl methyl sites for hydroxylation is 2. The molecule has 20 heteroatoms. The van der Waals surface area contributed by atoms with Crippen molar-refractivity contribution in [2.75, 3.05) is 63.8 Å². The fourth-order valence-corrected chi connectivity index (χ4v) is 10.6. The van der Waals surface area contributed by atoms with Gasteiger partial charge in [-0.05, 0) is 85.3 Å². The highest BCUT2D eigenvalue weighted by Gasteiger charge is 2.32. The number of benzene rings is 5. The highest BCUT2D eigenvalue weighted by molar-refractivity contribution is 6.17. The molecule has 0 saturated carbocycles. The first-order chi connectivity index (χ1) is 41.4. The van der Waals surface area contributed by atoms with Gasteiger partial charge in [0.2, 0.25) is 23.1 Å². The minimum atomic E-state index is -0.870. The molecule has 3 heterocycles. The van der Waals surface area contributed by atoms with E-state index in [0.717, 1.165) is 38.2 Å². The minimum absolute atomic E-state index is 0. The summed E-state index contributed by atoms with van der Waals surface area (Å²) < 4.78 is 21.9. The van der Waals surface area contributed by atoms with E-state index in [-0.39, 0.29) is 126 Å². The Labute approximate surface area is 506 Å². The zero-order valence-electron chi connectivity index (χ0n) is 50.1. The van der Waals surface area contributed by atoms with Gasteiger partial charge in [-0.15, -0.1) is 0 Å². The molecule has 0 saturated heterocycles. The number of nitrogens with zero attached hydrogens (tertiary/aromatic N) is 4. The SMILES string of the molecule is Cc1ccc(C(=O)c2c(-c3ccccc3)n(C)n(-c3ccccc3)c2=O)c(N)c1-c1ccc2c(ccc(C)[n+]2Cc2ccc(NC(=O)[C@H](CCCNC(N)=O)CC(=O)[C@@H](NC(=O)CCOCCOCCOCCN3C(=O)C=CC3=O)C(C)C)cc2)c1.[CH3-]. The van der Waals surface area contributed by atoms with E-state index in [0.29, 0.717) is 41.2 Å². The molecule has 7 N–H and O–H groups in total. The first-order valence-electron chi connectivity index (χ1n) is 28.7. The van der Waals surface area contributed by atoms with Crippen molar-refractivity contribution in [2.24, 2.45) is 24.6 Å². The summed E-state index contributed by atoms with van der Waals surface area (Å²) in [5.74, 6) is -3.39. The maximum absolute atomic E-state index is 14.8. The number of amides is 6. The molecule has 7 aromatic rings. The van der Waals surface area contributed by atoms with Gasteiger partial charge in [0.25, 0.3) is 17.4 Å². The van der Waals surface area contributed by atoms with E-state index < -0.39 is 35.2 Å². The number of hydrogen-bond donors (Lipinski definition) is 5. The van der Waals surface area contributed by atoms with Crippen LogP contribution >= 0.6 is 0 Å². The van der Waals surface area contributed by atoms with Gasteiger partial charge in [-0.2, -0.15) is 4.57 Å². The number of nitrogens with two attached hydrogens (primary N) is 2. The summed E-state index contributed by atoms with van der Waals surface area (Å²) in [6.07, 6.45) is 2.89. The van der Waals surface area contributed by atoms with E-state index in [1.165, 1.54) is 16.8 Å². The van der Waals surface area contributed by atoms with Crippen LogP contribution in [0.3, 0.4) is 0 Å². The first kappa shape index (κ1) is 65.2. The molecule has 2 aromatic heterocycles. The van der Waals surface area contributed by atoms with Crippen LogP contribution in [0.5, 0.6) is 0 Å². The van der Waals surface area contributed by atoms with E-state index in [2.05, 4.69) is 20.5 Å². The molecule has 6 amide bonds. The van der Waals surface area contributed by atoms with Gasteiger partial charge < -0.3 is 49.1 Å². The third kappa shape index (κ3) is 16.3. The maximum atomic E-state index is 14.8. The van der Waals surface area contributed by atoms with Crippen LogP contribution in [0.25, 0.3) is 39.0 Å². The zero-order chi connectivity index (χ0) is 61.4. The van der Waals surface area contributed by atoms with Gasteiger partial charge in [-0.1, -0.05) is 80.6 Å². The van der Waals surface area contributed by atoms with Crippen molar-refractivity contribution in [1.29, 1.82) is 0 Å². The standard InChI is InChI=1S/C66H73N9O11.CH3/c1-42(2)61(71-55(77)30-33-84-35-37-86-38-36-85-34-32-73-56(78)28-29-57(73)79)54(76)40-49(15-12-31-69-66(68)83)64(81)70-50-24-20-45(21-25-50)41-74-44(4)19-22-47-39-48(23-27-53(47)74)58-43(3)18-26-52(60(58)67)63(80)59-62(46-13-8-6-9-14-46)72(5)75(65(59)82)51-16-10-7-11-17-51;/h6-11,13-14,16-29,39,42,49,61H,12,15,30-38,40-41H2,1-5H3,(H6-,67,68,69,70,71,77,80,81,83);1H3/q;-1/p+1/t49-,61+;/m1./s1. The van der Waals surface area contributed by atoms with Gasteiger partial charge >= 0.3 is 6.03 Å². The summed E-state index contributed by atoms with van der Waals surface area (Å²) >= 11 is 0. The number of carbonyl (C=O) groups excluding carboxylic acids is 7. The molecule has 0 fully saturated rings. The number of ether oxygens (including phenoxy) is 3. The molecule has 2 atom stereocenters. The van der Waals surface area contributed by atoms with Crippen molar-refractivity contribution in [1.82, 2.24) is 24.9 Å². The predicted octanol–water partition coefficient (Wildman–Crippen LogP) is 7.35. The van der Waals surface area contributed by atoms with E-state index in [9.17, 15) is 38.4 Å². The Morgan fingerprint density at radius 2 is 1.37 bits per heavy atom. The summed E-state index contributed by atoms with van der Waals surface area (Å²) in [7, 11) is 1.77. The number of urea groups is 1. The molecule has 0 aliphatic carbocycles. The number of nitrogens with one attached hydrogen (secondary N) is 3. The van der Waals surface area contributed by atoms with Crippen molar-refractivity contribution in [2.45, 2.75) is 66.0 Å². The van der Waals surface area contributed by atoms with Crippen LogP contribution in [0.4, 0.5) is 16.2 Å². The number of primary amides is 1. The summed E-state index contributed by atoms with van der Waals surface area (Å²) in [6.45, 7) is 9.70. The molecule has 0 unspecified atom stereocenters. The Morgan fingerprint density at radius 1 is 0.724 bits per heavy atom. The smallest absolute Gasteiger partial charge is 0.312 e. The normalized spacial score (nSPS) is 12.7. The predicted molar refractivity (Wildman–Crippen MR) is 334 cm³/mol. The van der Waals surface area contributed by atoms with Crippen molar-refractivity contribution < 1.29 is 52.3 Å². The molecule has 87 heavy (non-hydrogen) atoms. The Kier molecular flexibility index (Phi) is 22.9. The lowest BCUT2D eigenvalue weighted by Crippen LogP contribution is -2.45. The van der Waals surface area contributed by atoms with Gasteiger partial charge in [0.1, 0.15) is 5.56 Å². The third-order valence-corrected chi connectivity index (χ3v) is 15.1. The lowest BCUT2D eigenvalue weighted by molar-refractivity contribution is -0.668. The van der Waals surface area contributed by atoms with E-state index >= 15 is 0 Å². The number of anilines is 2. The topological polar surface area (TPSA) is 269 Å². The van der Waals surface area contributed by atoms with Crippen molar-refractivity contribution in [3.63, 3.8) is 0 Å². The molecule has 1 aliphatic rings. The number of aromatic nitrogens is 3. The molecule has 20 nitrogen and oxygen atoms in total. The van der Waals surface area contributed by atoms with Crippen LogP contribution in [0.1, 0.15) is 72.3 Å². The number of fused-ring (bicyclic) bond motifs is 1. The summed E-state index contributed by atoms with van der Waals surface area (Å²) in [5, 5.41) is 9.27. The Hall–Kier alpha value is -9.37. The van der Waals surface area contributed by atoms with Crippen LogP contribution in [-0.4, -0.2) is 114 Å². The number of pyridine rings is 1. The second-order valence-electron chi connectivity index (χ2n) is 21.5. The number of ketones is 2. The lowest BCUT2D eigenvalue weighted by Gasteiger charge is -2.24. The number of rotatable bonds is 30. The number of carbonyl (C=O) groups is 7. The number of Topliss-reactive ketones (excluding diaryl/α,β-unsaturated/α-hetero) is 1. The largest absolute Gasteiger partial charge is 0.398 e. The second kappa shape index (κ2) is 30.6. The quantitative estimate of drug-likeness (QED) is 0.00739. The van der Waals surface area contributed by atoms with E-state index in [4.69, 9.17) is 25.7 Å². The van der Waals surface area contributed by atoms with Crippen LogP contribution in [0.15, 0.2) is 144 Å². The molecule has 1 aliphatic heterocycles. The van der Waals surface area contributed by atoms with Gasteiger partial charge in [0.15, 0.2) is 18.0 Å². The highest BCUT2D eigenvalue weighted by atomic mass is 16.5. The second-order valence-corrected chi connectivity index (χ2v) is 21.5. The van der Waals surface area contributed by atoms with Crippen LogP contribution in [-0.2, 0) is 51.8 Å². The maximum Gasteiger partial charge on any atom is 0.312 e. The van der Waals surface area contributed by atoms with Crippen LogP contribution < -0.4 is 37.5 Å². The monoisotopic (exact) mass is 1180 g/mol. The fourth-order valence-electron chi connectivity index (χ4n) is 10.6. The zero-order valence-corrected chi connectivity index (χ0v) is 50.1. The van der Waals surface area contributed by atoms with Gasteiger partial charge in [0.05, 0.1) is 69.3 Å². The summed E-state index contributed by atoms with van der Waals surface area (Å²) in [5.41, 5.74) is 19.9. The van der Waals surface area contributed by atoms with Gasteiger partial charge in [-0.3, -0.25) is 43.1 Å². The third-order valence-electron chi connectivity index (χ3n) is 15.1. The average molecular weight is 1180 g/mol. The lowest BCUT2D eigenvalue weighted by atomic mass is 9.89. The number of imide groups is 1. The van der Waals surface area contributed by atoms with Crippen LogP contribution in [0.2, 0.25) is 0 Å². The van der Waals surface area contributed by atoms with Crippen molar-refractivity contribution in [3.05, 3.63) is 185 Å². The number of nitrogen functional groups attached to an aromatic ring is 1. The molecule has 0 spiro atoms. The fraction of sp³-hybridized carbons (Fsp3) is 0.313. The summed E-state index contributed by atoms with van der Waals surface area (Å²) in [4.78, 5) is 106. The molecule has 8 rings (SSSR count). The molecule has 0 bridgehead atoms. The van der Waals surface area contributed by atoms with Crippen LogP contribution in [0, 0.1) is 33.1 Å². The molecular weight excluding hydrogens is 1110 g/mol. The first-order valence-corrected chi connectivity index (χ1v) is 28.7. The number of para-hydroxylation sites is 1. The Morgan fingerprint density at radius 3 is 2.02 bits per heavy atom. The Bertz CT molecular complexity index is 3690.